The second kappa shape index (κ2) is 8.22. The van der Waals surface area contributed by atoms with Crippen molar-refractivity contribution < 1.29 is 18.7 Å². The van der Waals surface area contributed by atoms with Crippen molar-refractivity contribution in [2.45, 2.75) is 46.1 Å². The number of aliphatic imine (C=N–C) groups is 1. The fourth-order valence-corrected chi connectivity index (χ4v) is 4.63. The van der Waals surface area contributed by atoms with E-state index in [-0.39, 0.29) is 17.8 Å². The number of rotatable bonds is 4. The number of ether oxygens (including phenoxy) is 1. The first-order valence-corrected chi connectivity index (χ1v) is 10.5. The lowest BCUT2D eigenvalue weighted by Crippen LogP contribution is -2.39. The molecule has 1 unspecified atom stereocenters. The summed E-state index contributed by atoms with van der Waals surface area (Å²) in [7, 11) is 0. The standard InChI is InChI=1S/C26H26FNO3/c1-16-22(25(30)31-15-17-8-5-4-6-9-17)23(18-10-7-11-19(27)12-18)24-20(28-16)13-26(2,3)14-21(24)29/h4-12,22-23H,13-15H2,1-3H3/t22?,23-/m1/s1. The van der Waals surface area contributed by atoms with E-state index in [2.05, 4.69) is 4.99 Å². The van der Waals surface area contributed by atoms with Crippen molar-refractivity contribution in [3.05, 3.63) is 82.8 Å². The molecule has 2 atom stereocenters. The van der Waals surface area contributed by atoms with Crippen molar-refractivity contribution in [3.63, 3.8) is 0 Å². The number of hydrogen-bond donors (Lipinski definition) is 0. The molecule has 0 N–H and O–H groups in total. The van der Waals surface area contributed by atoms with Crippen LogP contribution >= 0.6 is 0 Å². The number of ketones is 1. The molecule has 160 valence electrons. The molecule has 1 aliphatic carbocycles. The highest BCUT2D eigenvalue weighted by Gasteiger charge is 2.46. The monoisotopic (exact) mass is 419 g/mol. The third-order valence-corrected chi connectivity index (χ3v) is 5.99. The van der Waals surface area contributed by atoms with Crippen LogP contribution in [0.3, 0.4) is 0 Å². The molecule has 0 saturated carbocycles. The summed E-state index contributed by atoms with van der Waals surface area (Å²) in [5, 5.41) is 0. The van der Waals surface area contributed by atoms with E-state index < -0.39 is 23.6 Å². The van der Waals surface area contributed by atoms with Gasteiger partial charge in [0.25, 0.3) is 0 Å². The zero-order valence-electron chi connectivity index (χ0n) is 18.0. The minimum absolute atomic E-state index is 0.0300. The fourth-order valence-electron chi connectivity index (χ4n) is 4.63. The third-order valence-electron chi connectivity index (χ3n) is 5.99. The molecule has 4 rings (SSSR count). The maximum Gasteiger partial charge on any atom is 0.315 e. The highest BCUT2D eigenvalue weighted by Crippen LogP contribution is 2.48. The van der Waals surface area contributed by atoms with Crippen LogP contribution in [0, 0.1) is 17.2 Å². The number of esters is 1. The largest absolute Gasteiger partial charge is 0.460 e. The predicted molar refractivity (Wildman–Crippen MR) is 117 cm³/mol. The number of carbonyl (C=O) groups excluding carboxylic acids is 2. The van der Waals surface area contributed by atoms with Gasteiger partial charge in [-0.25, -0.2) is 4.39 Å². The van der Waals surface area contributed by atoms with Crippen molar-refractivity contribution in [3.8, 4) is 0 Å². The number of benzene rings is 2. The van der Waals surface area contributed by atoms with Gasteiger partial charge in [-0.05, 0) is 42.0 Å². The highest BCUT2D eigenvalue weighted by molar-refractivity contribution is 6.09. The smallest absolute Gasteiger partial charge is 0.315 e. The maximum absolute atomic E-state index is 14.1. The number of allylic oxidation sites excluding steroid dienone is 2. The van der Waals surface area contributed by atoms with Gasteiger partial charge in [0, 0.05) is 29.3 Å². The second-order valence-corrected chi connectivity index (χ2v) is 9.16. The summed E-state index contributed by atoms with van der Waals surface area (Å²) < 4.78 is 19.7. The first-order valence-electron chi connectivity index (χ1n) is 10.5. The van der Waals surface area contributed by atoms with Crippen LogP contribution in [-0.2, 0) is 20.9 Å². The Hall–Kier alpha value is -3.08. The quantitative estimate of drug-likeness (QED) is 0.625. The Labute approximate surface area is 181 Å². The maximum atomic E-state index is 14.1. The Balaban J connectivity index is 1.73. The minimum Gasteiger partial charge on any atom is -0.460 e. The number of halogens is 1. The van der Waals surface area contributed by atoms with Gasteiger partial charge < -0.3 is 4.74 Å². The van der Waals surface area contributed by atoms with Crippen molar-refractivity contribution in [2.24, 2.45) is 16.3 Å². The molecule has 1 heterocycles. The molecule has 0 saturated heterocycles. The third kappa shape index (κ3) is 4.36. The van der Waals surface area contributed by atoms with E-state index in [0.717, 1.165) is 5.56 Å². The Morgan fingerprint density at radius 3 is 2.58 bits per heavy atom. The van der Waals surface area contributed by atoms with Crippen LogP contribution in [0.2, 0.25) is 0 Å². The first kappa shape index (κ1) is 21.2. The van der Waals surface area contributed by atoms with E-state index >= 15 is 0 Å². The zero-order chi connectivity index (χ0) is 22.2. The van der Waals surface area contributed by atoms with Crippen LogP contribution in [0.1, 0.15) is 50.7 Å². The molecule has 1 aliphatic heterocycles. The van der Waals surface area contributed by atoms with Gasteiger partial charge in [-0.1, -0.05) is 56.3 Å². The van der Waals surface area contributed by atoms with Crippen LogP contribution in [0.25, 0.3) is 0 Å². The molecule has 0 radical (unpaired) electrons. The molecule has 2 aromatic carbocycles. The summed E-state index contributed by atoms with van der Waals surface area (Å²) in [5.74, 6) is -2.26. The average molecular weight is 419 g/mol. The van der Waals surface area contributed by atoms with E-state index in [1.165, 1.54) is 12.1 Å². The molecule has 0 bridgehead atoms. The summed E-state index contributed by atoms with van der Waals surface area (Å²) >= 11 is 0. The zero-order valence-corrected chi connectivity index (χ0v) is 18.0. The summed E-state index contributed by atoms with van der Waals surface area (Å²) in [6.07, 6.45) is 1.01. The van der Waals surface area contributed by atoms with Crippen LogP contribution in [0.15, 0.2) is 70.9 Å². The van der Waals surface area contributed by atoms with Gasteiger partial charge in [0.2, 0.25) is 0 Å². The minimum atomic E-state index is -0.769. The van der Waals surface area contributed by atoms with Crippen molar-refractivity contribution in [2.75, 3.05) is 0 Å². The fraction of sp³-hybridized carbons (Fsp3) is 0.346. The van der Waals surface area contributed by atoms with Gasteiger partial charge in [0.1, 0.15) is 18.3 Å². The van der Waals surface area contributed by atoms with Crippen LogP contribution < -0.4 is 0 Å². The summed E-state index contributed by atoms with van der Waals surface area (Å²) in [6.45, 7) is 6.00. The Kier molecular flexibility index (Phi) is 5.61. The van der Waals surface area contributed by atoms with Gasteiger partial charge in [0.05, 0.1) is 0 Å². The van der Waals surface area contributed by atoms with Crippen molar-refractivity contribution in [1.29, 1.82) is 0 Å². The van der Waals surface area contributed by atoms with E-state index in [9.17, 15) is 14.0 Å². The lowest BCUT2D eigenvalue weighted by molar-refractivity contribution is -0.148. The van der Waals surface area contributed by atoms with Gasteiger partial charge in [-0.2, -0.15) is 0 Å². The molecule has 0 fully saturated rings. The molecule has 5 heteroatoms. The lowest BCUT2D eigenvalue weighted by Gasteiger charge is -2.39. The Morgan fingerprint density at radius 1 is 1.13 bits per heavy atom. The van der Waals surface area contributed by atoms with Gasteiger partial charge in [-0.15, -0.1) is 0 Å². The summed E-state index contributed by atoms with van der Waals surface area (Å²) in [4.78, 5) is 31.1. The molecule has 2 aliphatic rings. The van der Waals surface area contributed by atoms with E-state index in [4.69, 9.17) is 4.74 Å². The van der Waals surface area contributed by atoms with E-state index in [0.29, 0.717) is 35.4 Å². The molecule has 2 aromatic rings. The SMILES string of the molecule is CC1=NC2=C(C(=O)CC(C)(C)C2)[C@H](c2cccc(F)c2)C1C(=O)OCc1ccccc1. The molecule has 31 heavy (non-hydrogen) atoms. The van der Waals surface area contributed by atoms with Crippen LogP contribution in [0.4, 0.5) is 4.39 Å². The molecule has 0 aromatic heterocycles. The van der Waals surface area contributed by atoms with Gasteiger partial charge in [-0.3, -0.25) is 14.6 Å². The second-order valence-electron chi connectivity index (χ2n) is 9.16. The number of hydrogen-bond acceptors (Lipinski definition) is 4. The number of nitrogens with zero attached hydrogens (tertiary/aromatic N) is 1. The Morgan fingerprint density at radius 2 is 1.87 bits per heavy atom. The van der Waals surface area contributed by atoms with Crippen LogP contribution in [-0.4, -0.2) is 17.5 Å². The first-order chi connectivity index (χ1) is 14.7. The summed E-state index contributed by atoms with van der Waals surface area (Å²) in [6, 6.07) is 15.6. The Bertz CT molecular complexity index is 1080. The van der Waals surface area contributed by atoms with E-state index in [1.54, 1.807) is 19.1 Å². The molecular weight excluding hydrogens is 393 g/mol. The van der Waals surface area contributed by atoms with Gasteiger partial charge in [0.15, 0.2) is 5.78 Å². The number of carbonyl (C=O) groups is 2. The number of Topliss-reactive ketones (excluding diaryl/α,β-unsaturated/α-hetero) is 1. The van der Waals surface area contributed by atoms with Crippen molar-refractivity contribution in [1.82, 2.24) is 0 Å². The predicted octanol–water partition coefficient (Wildman–Crippen LogP) is 5.39. The van der Waals surface area contributed by atoms with Crippen molar-refractivity contribution >= 4 is 17.5 Å². The summed E-state index contributed by atoms with van der Waals surface area (Å²) in [5.41, 5.74) is 3.09. The average Bonchev–Trinajstić information content (AvgIpc) is 2.71. The van der Waals surface area contributed by atoms with Crippen LogP contribution in [0.5, 0.6) is 0 Å². The molecule has 0 amide bonds. The van der Waals surface area contributed by atoms with Gasteiger partial charge >= 0.3 is 5.97 Å². The highest BCUT2D eigenvalue weighted by atomic mass is 19.1. The molecule has 4 nitrogen and oxygen atoms in total. The topological polar surface area (TPSA) is 55.7 Å². The normalized spacial score (nSPS) is 22.6. The van der Waals surface area contributed by atoms with E-state index in [1.807, 2.05) is 44.2 Å². The molecule has 0 spiro atoms. The lowest BCUT2D eigenvalue weighted by atomic mass is 9.67. The molecular formula is C26H26FNO3.